The van der Waals surface area contributed by atoms with Crippen LogP contribution in [0.5, 0.6) is 0 Å². The third kappa shape index (κ3) is 2.37. The zero-order valence-corrected chi connectivity index (χ0v) is 12.4. The van der Waals surface area contributed by atoms with Crippen LogP contribution in [0.15, 0.2) is 6.33 Å². The molecule has 5 heteroatoms. The summed E-state index contributed by atoms with van der Waals surface area (Å²) in [5.74, 6) is 0.859. The highest BCUT2D eigenvalue weighted by Crippen LogP contribution is 2.54. The molecule has 1 aliphatic heterocycles. The van der Waals surface area contributed by atoms with Gasteiger partial charge in [-0.05, 0) is 38.0 Å². The monoisotopic (exact) mass is 289 g/mol. The van der Waals surface area contributed by atoms with Crippen LogP contribution < -0.4 is 0 Å². The number of hydrogen-bond donors (Lipinski definition) is 1. The van der Waals surface area contributed by atoms with Crippen LogP contribution in [0.3, 0.4) is 0 Å². The maximum absolute atomic E-state index is 12.4. The molecule has 0 aromatic carbocycles. The van der Waals surface area contributed by atoms with E-state index in [0.29, 0.717) is 6.61 Å². The topological polar surface area (TPSA) is 58.2 Å². The Morgan fingerprint density at radius 3 is 3.10 bits per heavy atom. The Morgan fingerprint density at radius 2 is 2.33 bits per heavy atom. The molecular weight excluding hydrogens is 266 g/mol. The summed E-state index contributed by atoms with van der Waals surface area (Å²) in [6, 6.07) is 0. The van der Waals surface area contributed by atoms with Crippen LogP contribution in [0.25, 0.3) is 0 Å². The Morgan fingerprint density at radius 1 is 1.48 bits per heavy atom. The van der Waals surface area contributed by atoms with Gasteiger partial charge in [0.25, 0.3) is 0 Å². The van der Waals surface area contributed by atoms with Crippen LogP contribution in [0.4, 0.5) is 0 Å². The zero-order chi connectivity index (χ0) is 14.3. The largest absolute Gasteiger partial charge is 0.464 e. The van der Waals surface area contributed by atoms with E-state index in [4.69, 9.17) is 4.74 Å². The van der Waals surface area contributed by atoms with E-state index in [0.717, 1.165) is 56.9 Å². The first kappa shape index (κ1) is 13.3. The molecule has 5 nitrogen and oxygen atoms in total. The van der Waals surface area contributed by atoms with Crippen LogP contribution in [0, 0.1) is 11.3 Å². The number of aromatic amines is 1. The third-order valence-electron chi connectivity index (χ3n) is 5.67. The smallest absolute Gasteiger partial charge is 0.312 e. The molecule has 2 aliphatic carbocycles. The normalized spacial score (nSPS) is 31.3. The molecule has 21 heavy (non-hydrogen) atoms. The van der Waals surface area contributed by atoms with Gasteiger partial charge in [-0.15, -0.1) is 0 Å². The van der Waals surface area contributed by atoms with Gasteiger partial charge in [0.2, 0.25) is 0 Å². The fraction of sp³-hybridized carbons (Fsp3) is 0.750. The minimum atomic E-state index is -0.109. The first-order valence-corrected chi connectivity index (χ1v) is 8.16. The van der Waals surface area contributed by atoms with Crippen molar-refractivity contribution in [1.82, 2.24) is 14.9 Å². The van der Waals surface area contributed by atoms with E-state index in [-0.39, 0.29) is 11.4 Å². The van der Waals surface area contributed by atoms with Crippen LogP contribution in [-0.4, -0.2) is 40.5 Å². The van der Waals surface area contributed by atoms with Gasteiger partial charge in [0.05, 0.1) is 17.4 Å². The summed E-state index contributed by atoms with van der Waals surface area (Å²) >= 11 is 0. The van der Waals surface area contributed by atoms with Crippen molar-refractivity contribution in [2.24, 2.45) is 11.3 Å². The van der Waals surface area contributed by atoms with Crippen LogP contribution >= 0.6 is 0 Å². The van der Waals surface area contributed by atoms with Crippen molar-refractivity contribution in [3.8, 4) is 0 Å². The SMILES string of the molecule is O=C(OCCN1CCc2[nH]cnc2C1)C12CCC(CC1)C2. The summed E-state index contributed by atoms with van der Waals surface area (Å²) in [5.41, 5.74) is 2.28. The molecule has 2 heterocycles. The summed E-state index contributed by atoms with van der Waals surface area (Å²) in [5, 5.41) is 0. The van der Waals surface area contributed by atoms with Gasteiger partial charge in [-0.2, -0.15) is 0 Å². The molecule has 0 radical (unpaired) electrons. The number of hydrogen-bond acceptors (Lipinski definition) is 4. The van der Waals surface area contributed by atoms with Crippen LogP contribution in [0.1, 0.15) is 43.5 Å². The highest BCUT2D eigenvalue weighted by Gasteiger charge is 2.51. The number of ether oxygens (including phenoxy) is 1. The molecule has 0 amide bonds. The lowest BCUT2D eigenvalue weighted by Crippen LogP contribution is -2.35. The van der Waals surface area contributed by atoms with Crippen molar-refractivity contribution < 1.29 is 9.53 Å². The lowest BCUT2D eigenvalue weighted by Gasteiger charge is -2.27. The van der Waals surface area contributed by atoms with Crippen molar-refractivity contribution in [1.29, 1.82) is 0 Å². The van der Waals surface area contributed by atoms with Crippen molar-refractivity contribution in [2.75, 3.05) is 19.7 Å². The third-order valence-corrected chi connectivity index (χ3v) is 5.67. The minimum absolute atomic E-state index is 0.0694. The highest BCUT2D eigenvalue weighted by atomic mass is 16.5. The van der Waals surface area contributed by atoms with Crippen LogP contribution in [0.2, 0.25) is 0 Å². The maximum atomic E-state index is 12.4. The van der Waals surface area contributed by atoms with Crippen molar-refractivity contribution >= 4 is 5.97 Å². The lowest BCUT2D eigenvalue weighted by molar-refractivity contribution is -0.155. The molecule has 0 saturated heterocycles. The first-order valence-electron chi connectivity index (χ1n) is 8.16. The number of fused-ring (bicyclic) bond motifs is 3. The van der Waals surface area contributed by atoms with E-state index in [2.05, 4.69) is 14.9 Å². The van der Waals surface area contributed by atoms with Crippen molar-refractivity contribution in [3.63, 3.8) is 0 Å². The Labute approximate surface area is 125 Å². The molecule has 2 fully saturated rings. The molecular formula is C16H23N3O2. The lowest BCUT2D eigenvalue weighted by atomic mass is 9.84. The summed E-state index contributed by atoms with van der Waals surface area (Å²) in [6.45, 7) is 3.21. The van der Waals surface area contributed by atoms with Gasteiger partial charge in [-0.3, -0.25) is 9.69 Å². The van der Waals surface area contributed by atoms with Gasteiger partial charge in [0, 0.05) is 31.7 Å². The van der Waals surface area contributed by atoms with E-state index in [1.807, 2.05) is 0 Å². The molecule has 114 valence electrons. The number of carbonyl (C=O) groups is 1. The van der Waals surface area contributed by atoms with E-state index in [1.54, 1.807) is 6.33 Å². The van der Waals surface area contributed by atoms with Crippen LogP contribution in [-0.2, 0) is 22.5 Å². The van der Waals surface area contributed by atoms with Gasteiger partial charge < -0.3 is 9.72 Å². The van der Waals surface area contributed by atoms with Gasteiger partial charge in [-0.1, -0.05) is 0 Å². The molecule has 2 bridgehead atoms. The first-order chi connectivity index (χ1) is 10.3. The minimum Gasteiger partial charge on any atom is -0.464 e. The molecule has 4 rings (SSSR count). The standard InChI is InChI=1S/C16H23N3O2/c20-15(16-4-1-12(9-16)2-5-16)21-8-7-19-6-3-13-14(10-19)18-11-17-13/h11-12H,1-10H2,(H,17,18). The van der Waals surface area contributed by atoms with Gasteiger partial charge in [0.1, 0.15) is 6.61 Å². The van der Waals surface area contributed by atoms with E-state index < -0.39 is 0 Å². The number of imidazole rings is 1. The van der Waals surface area contributed by atoms with E-state index in [1.165, 1.54) is 18.5 Å². The summed E-state index contributed by atoms with van der Waals surface area (Å²) in [7, 11) is 0. The molecule has 0 unspecified atom stereocenters. The molecule has 3 aliphatic rings. The Kier molecular flexibility index (Phi) is 3.25. The van der Waals surface area contributed by atoms with Gasteiger partial charge in [0.15, 0.2) is 0 Å². The number of esters is 1. The molecule has 1 aromatic rings. The van der Waals surface area contributed by atoms with Gasteiger partial charge in [-0.25, -0.2) is 4.98 Å². The maximum Gasteiger partial charge on any atom is 0.312 e. The van der Waals surface area contributed by atoms with Crippen molar-refractivity contribution in [2.45, 2.75) is 45.1 Å². The number of nitrogens with zero attached hydrogens (tertiary/aromatic N) is 2. The highest BCUT2D eigenvalue weighted by molar-refractivity contribution is 5.77. The molecule has 0 atom stereocenters. The number of H-pyrrole nitrogens is 1. The average molecular weight is 289 g/mol. The average Bonchev–Trinajstić information content (AvgIpc) is 3.22. The fourth-order valence-corrected chi connectivity index (χ4v) is 4.35. The molecule has 1 N–H and O–H groups in total. The number of carbonyl (C=O) groups excluding carboxylic acids is 1. The zero-order valence-electron chi connectivity index (χ0n) is 12.4. The molecule has 2 saturated carbocycles. The van der Waals surface area contributed by atoms with Gasteiger partial charge >= 0.3 is 5.97 Å². The Bertz CT molecular complexity index is 531. The predicted molar refractivity (Wildman–Crippen MR) is 77.5 cm³/mol. The second-order valence-corrected chi connectivity index (χ2v) is 6.92. The second kappa shape index (κ2) is 5.13. The van der Waals surface area contributed by atoms with E-state index in [9.17, 15) is 4.79 Å². The summed E-state index contributed by atoms with van der Waals surface area (Å²) in [6.07, 6.45) is 8.41. The molecule has 0 spiro atoms. The number of nitrogens with one attached hydrogen (secondary N) is 1. The predicted octanol–water partition coefficient (Wildman–Crippen LogP) is 1.89. The fourth-order valence-electron chi connectivity index (χ4n) is 4.35. The summed E-state index contributed by atoms with van der Waals surface area (Å²) < 4.78 is 5.61. The Hall–Kier alpha value is -1.36. The summed E-state index contributed by atoms with van der Waals surface area (Å²) in [4.78, 5) is 22.2. The Balaban J connectivity index is 1.26. The number of aromatic nitrogens is 2. The van der Waals surface area contributed by atoms with E-state index >= 15 is 0 Å². The van der Waals surface area contributed by atoms with Crippen molar-refractivity contribution in [3.05, 3.63) is 17.7 Å². The quantitative estimate of drug-likeness (QED) is 0.860. The number of rotatable bonds is 4. The molecule has 1 aromatic heterocycles. The second-order valence-electron chi connectivity index (χ2n) is 6.92.